The standard InChI is InChI=1S/C13H13BrClNO2S/c1-13(2,12(17)18-3)11(15)9-4-7-8(14)5-16-6-10(7)19-9/h4-6,11H,1-3H3. The molecule has 2 aromatic heterocycles. The molecule has 0 bridgehead atoms. The van der Waals surface area contributed by atoms with Gasteiger partial charge >= 0.3 is 5.97 Å². The second-order valence-corrected chi connectivity index (χ2v) is 7.16. The van der Waals surface area contributed by atoms with Crippen molar-refractivity contribution in [1.29, 1.82) is 0 Å². The average molecular weight is 363 g/mol. The Kier molecular flexibility index (Phi) is 4.18. The summed E-state index contributed by atoms with van der Waals surface area (Å²) < 4.78 is 6.78. The summed E-state index contributed by atoms with van der Waals surface area (Å²) in [5.41, 5.74) is -0.781. The summed E-state index contributed by atoms with van der Waals surface area (Å²) in [6.07, 6.45) is 3.54. The molecule has 0 aliphatic carbocycles. The van der Waals surface area contributed by atoms with E-state index in [-0.39, 0.29) is 5.97 Å². The van der Waals surface area contributed by atoms with Gasteiger partial charge in [0, 0.05) is 27.1 Å². The lowest BCUT2D eigenvalue weighted by atomic mass is 9.88. The average Bonchev–Trinajstić information content (AvgIpc) is 2.82. The summed E-state index contributed by atoms with van der Waals surface area (Å²) in [6.45, 7) is 3.57. The van der Waals surface area contributed by atoms with Crippen LogP contribution < -0.4 is 0 Å². The Morgan fingerprint density at radius 1 is 1.53 bits per heavy atom. The smallest absolute Gasteiger partial charge is 0.313 e. The third-order valence-electron chi connectivity index (χ3n) is 3.01. The number of hydrogen-bond acceptors (Lipinski definition) is 4. The third-order valence-corrected chi connectivity index (χ3v) is 5.69. The molecule has 0 fully saturated rings. The number of ether oxygens (including phenoxy) is 1. The Hall–Kier alpha value is -0.650. The molecule has 0 saturated carbocycles. The number of halogens is 2. The van der Waals surface area contributed by atoms with Crippen molar-refractivity contribution < 1.29 is 9.53 Å². The van der Waals surface area contributed by atoms with Gasteiger partial charge in [0.15, 0.2) is 0 Å². The van der Waals surface area contributed by atoms with Gasteiger partial charge in [0.1, 0.15) is 0 Å². The SMILES string of the molecule is COC(=O)C(C)(C)C(Cl)c1cc2c(Br)cncc2s1. The van der Waals surface area contributed by atoms with Crippen LogP contribution in [0.4, 0.5) is 0 Å². The van der Waals surface area contributed by atoms with E-state index in [1.807, 2.05) is 6.07 Å². The summed E-state index contributed by atoms with van der Waals surface area (Å²) >= 11 is 11.5. The predicted molar refractivity (Wildman–Crippen MR) is 81.7 cm³/mol. The topological polar surface area (TPSA) is 39.2 Å². The molecule has 1 atom stereocenters. The van der Waals surface area contributed by atoms with Gasteiger partial charge in [-0.3, -0.25) is 9.78 Å². The molecule has 0 saturated heterocycles. The van der Waals surface area contributed by atoms with Crippen LogP contribution in [0.15, 0.2) is 22.9 Å². The molecule has 2 aromatic rings. The van der Waals surface area contributed by atoms with Crippen molar-refractivity contribution in [3.63, 3.8) is 0 Å². The van der Waals surface area contributed by atoms with Crippen LogP contribution in [0.1, 0.15) is 24.1 Å². The first-order chi connectivity index (χ1) is 8.87. The largest absolute Gasteiger partial charge is 0.469 e. The molecule has 0 aliphatic rings. The molecule has 0 spiro atoms. The summed E-state index contributed by atoms with van der Waals surface area (Å²) in [5, 5.41) is 0.616. The van der Waals surface area contributed by atoms with Gasteiger partial charge < -0.3 is 4.74 Å². The summed E-state index contributed by atoms with van der Waals surface area (Å²) in [5.74, 6) is -0.317. The van der Waals surface area contributed by atoms with Gasteiger partial charge in [0.05, 0.1) is 22.6 Å². The second kappa shape index (κ2) is 5.38. The lowest BCUT2D eigenvalue weighted by molar-refractivity contribution is -0.150. The Balaban J connectivity index is 2.44. The molecule has 0 amide bonds. The fourth-order valence-electron chi connectivity index (χ4n) is 1.79. The molecule has 6 heteroatoms. The van der Waals surface area contributed by atoms with Crippen molar-refractivity contribution in [2.45, 2.75) is 19.2 Å². The lowest BCUT2D eigenvalue weighted by Gasteiger charge is -2.26. The number of fused-ring (bicyclic) bond motifs is 1. The van der Waals surface area contributed by atoms with Gasteiger partial charge in [0.25, 0.3) is 0 Å². The molecular formula is C13H13BrClNO2S. The number of rotatable bonds is 3. The zero-order chi connectivity index (χ0) is 14.2. The van der Waals surface area contributed by atoms with E-state index in [1.54, 1.807) is 37.6 Å². The number of pyridine rings is 1. The van der Waals surface area contributed by atoms with Gasteiger partial charge in [0.2, 0.25) is 0 Å². The first-order valence-electron chi connectivity index (χ1n) is 5.63. The first-order valence-corrected chi connectivity index (χ1v) is 7.68. The minimum atomic E-state index is -0.781. The highest BCUT2D eigenvalue weighted by atomic mass is 79.9. The lowest BCUT2D eigenvalue weighted by Crippen LogP contribution is -2.29. The number of carbonyl (C=O) groups excluding carboxylic acids is 1. The Bertz CT molecular complexity index is 626. The predicted octanol–water partition coefficient (Wildman–Crippen LogP) is 4.54. The van der Waals surface area contributed by atoms with Crippen molar-refractivity contribution in [2.24, 2.45) is 5.41 Å². The molecule has 0 aliphatic heterocycles. The van der Waals surface area contributed by atoms with Crippen LogP contribution in [0, 0.1) is 5.41 Å². The summed E-state index contributed by atoms with van der Waals surface area (Å²) in [7, 11) is 1.37. The van der Waals surface area contributed by atoms with Crippen molar-refractivity contribution in [3.8, 4) is 0 Å². The van der Waals surface area contributed by atoms with Crippen LogP contribution in [0.3, 0.4) is 0 Å². The second-order valence-electron chi connectivity index (χ2n) is 4.76. The molecular weight excluding hydrogens is 350 g/mol. The highest BCUT2D eigenvalue weighted by Gasteiger charge is 2.38. The van der Waals surface area contributed by atoms with E-state index in [4.69, 9.17) is 16.3 Å². The quantitative estimate of drug-likeness (QED) is 0.594. The van der Waals surface area contributed by atoms with E-state index in [9.17, 15) is 4.79 Å². The minimum Gasteiger partial charge on any atom is -0.469 e. The monoisotopic (exact) mass is 361 g/mol. The van der Waals surface area contributed by atoms with Gasteiger partial charge in [-0.15, -0.1) is 22.9 Å². The molecule has 0 N–H and O–H groups in total. The Labute approximate surface area is 129 Å². The molecule has 2 rings (SSSR count). The number of thiophene rings is 1. The summed E-state index contributed by atoms with van der Waals surface area (Å²) in [6, 6.07) is 1.99. The molecule has 2 heterocycles. The number of esters is 1. The van der Waals surface area contributed by atoms with Crippen LogP contribution in [0.5, 0.6) is 0 Å². The number of alkyl halides is 1. The molecule has 19 heavy (non-hydrogen) atoms. The van der Waals surface area contributed by atoms with Crippen molar-refractivity contribution in [2.75, 3.05) is 7.11 Å². The van der Waals surface area contributed by atoms with E-state index in [0.29, 0.717) is 0 Å². The minimum absolute atomic E-state index is 0.317. The van der Waals surface area contributed by atoms with Crippen LogP contribution in [-0.2, 0) is 9.53 Å². The van der Waals surface area contributed by atoms with Gasteiger partial charge in [-0.1, -0.05) is 0 Å². The molecule has 0 radical (unpaired) electrons. The maximum absolute atomic E-state index is 11.8. The number of nitrogens with zero attached hydrogens (tertiary/aromatic N) is 1. The Morgan fingerprint density at radius 2 is 2.21 bits per heavy atom. The highest BCUT2D eigenvalue weighted by Crippen LogP contribution is 2.45. The highest BCUT2D eigenvalue weighted by molar-refractivity contribution is 9.10. The van der Waals surface area contributed by atoms with E-state index < -0.39 is 10.8 Å². The first kappa shape index (κ1) is 14.8. The van der Waals surface area contributed by atoms with Crippen molar-refractivity contribution >= 4 is 54.9 Å². The number of hydrogen-bond donors (Lipinski definition) is 0. The number of aromatic nitrogens is 1. The maximum atomic E-state index is 11.8. The Morgan fingerprint density at radius 3 is 2.79 bits per heavy atom. The van der Waals surface area contributed by atoms with E-state index in [2.05, 4.69) is 20.9 Å². The number of methoxy groups -OCH3 is 1. The van der Waals surface area contributed by atoms with E-state index in [1.165, 1.54) is 7.11 Å². The van der Waals surface area contributed by atoms with E-state index >= 15 is 0 Å². The van der Waals surface area contributed by atoms with Crippen molar-refractivity contribution in [3.05, 3.63) is 27.8 Å². The molecule has 1 unspecified atom stereocenters. The fraction of sp³-hybridized carbons (Fsp3) is 0.385. The fourth-order valence-corrected chi connectivity index (χ4v) is 3.88. The number of carbonyl (C=O) groups is 1. The van der Waals surface area contributed by atoms with Crippen LogP contribution >= 0.6 is 38.9 Å². The van der Waals surface area contributed by atoms with Gasteiger partial charge in [-0.05, 0) is 35.8 Å². The third kappa shape index (κ3) is 2.64. The molecule has 102 valence electrons. The van der Waals surface area contributed by atoms with E-state index in [0.717, 1.165) is 19.4 Å². The molecule has 3 nitrogen and oxygen atoms in total. The zero-order valence-corrected chi connectivity index (χ0v) is 13.9. The van der Waals surface area contributed by atoms with Gasteiger partial charge in [-0.25, -0.2) is 0 Å². The van der Waals surface area contributed by atoms with Crippen molar-refractivity contribution in [1.82, 2.24) is 4.98 Å². The van der Waals surface area contributed by atoms with Gasteiger partial charge in [-0.2, -0.15) is 0 Å². The van der Waals surface area contributed by atoms with Crippen LogP contribution in [0.25, 0.3) is 10.1 Å². The van der Waals surface area contributed by atoms with Crippen LogP contribution in [-0.4, -0.2) is 18.1 Å². The molecule has 0 aromatic carbocycles. The van der Waals surface area contributed by atoms with Crippen LogP contribution in [0.2, 0.25) is 0 Å². The normalized spacial score (nSPS) is 13.5. The summed E-state index contributed by atoms with van der Waals surface area (Å²) in [4.78, 5) is 16.9. The maximum Gasteiger partial charge on any atom is 0.313 e. The zero-order valence-electron chi connectivity index (χ0n) is 10.7.